The van der Waals surface area contributed by atoms with Gasteiger partial charge < -0.3 is 10.6 Å². The molecule has 0 atom stereocenters. The number of hydrogen-bond acceptors (Lipinski definition) is 4. The van der Waals surface area contributed by atoms with Gasteiger partial charge in [-0.3, -0.25) is 9.59 Å². The van der Waals surface area contributed by atoms with Gasteiger partial charge in [-0.25, -0.2) is 4.98 Å². The summed E-state index contributed by atoms with van der Waals surface area (Å²) in [7, 11) is 1.57. The van der Waals surface area contributed by atoms with E-state index in [1.165, 1.54) is 11.3 Å². The molecular weight excluding hydrogens is 406 g/mol. The number of aromatic nitrogens is 1. The molecule has 0 aliphatic heterocycles. The number of pyridine rings is 1. The SMILES string of the molecule is CNC(=O)c1ccc(NC(=O)c2cc(-c3ccc(Cl)s3)nc3ccccc23)cc1. The number of nitrogens with zero attached hydrogens (tertiary/aromatic N) is 1. The number of anilines is 1. The zero-order chi connectivity index (χ0) is 20.4. The van der Waals surface area contributed by atoms with Crippen molar-refractivity contribution in [3.63, 3.8) is 0 Å². The van der Waals surface area contributed by atoms with Gasteiger partial charge in [0.2, 0.25) is 0 Å². The highest BCUT2D eigenvalue weighted by atomic mass is 35.5. The van der Waals surface area contributed by atoms with Gasteiger partial charge in [-0.2, -0.15) is 0 Å². The second-order valence-corrected chi connectivity index (χ2v) is 8.00. The van der Waals surface area contributed by atoms with E-state index in [-0.39, 0.29) is 11.8 Å². The fourth-order valence-electron chi connectivity index (χ4n) is 2.99. The summed E-state index contributed by atoms with van der Waals surface area (Å²) in [6.07, 6.45) is 0. The normalized spacial score (nSPS) is 10.7. The molecule has 0 aliphatic carbocycles. The molecule has 29 heavy (non-hydrogen) atoms. The van der Waals surface area contributed by atoms with Crippen LogP contribution in [0.4, 0.5) is 5.69 Å². The first-order chi connectivity index (χ1) is 14.0. The lowest BCUT2D eigenvalue weighted by Gasteiger charge is -2.10. The van der Waals surface area contributed by atoms with Crippen LogP contribution in [0.15, 0.2) is 66.7 Å². The van der Waals surface area contributed by atoms with Gasteiger partial charge in [-0.15, -0.1) is 11.3 Å². The van der Waals surface area contributed by atoms with Crippen molar-refractivity contribution >= 4 is 51.3 Å². The summed E-state index contributed by atoms with van der Waals surface area (Å²) in [6, 6.07) is 19.7. The molecule has 0 unspecified atom stereocenters. The number of para-hydroxylation sites is 1. The zero-order valence-electron chi connectivity index (χ0n) is 15.4. The van der Waals surface area contributed by atoms with Crippen molar-refractivity contribution in [2.24, 2.45) is 0 Å². The van der Waals surface area contributed by atoms with Crippen LogP contribution in [0.1, 0.15) is 20.7 Å². The van der Waals surface area contributed by atoms with Crippen LogP contribution in [0, 0.1) is 0 Å². The van der Waals surface area contributed by atoms with Gasteiger partial charge in [-0.05, 0) is 48.5 Å². The molecule has 0 aliphatic rings. The summed E-state index contributed by atoms with van der Waals surface area (Å²) in [4.78, 5) is 30.3. The second kappa shape index (κ2) is 8.03. The lowest BCUT2D eigenvalue weighted by atomic mass is 10.1. The molecule has 2 aromatic carbocycles. The van der Waals surface area contributed by atoms with Gasteiger partial charge in [0.15, 0.2) is 0 Å². The fraction of sp³-hybridized carbons (Fsp3) is 0.0455. The van der Waals surface area contributed by atoms with Crippen LogP contribution < -0.4 is 10.6 Å². The summed E-state index contributed by atoms with van der Waals surface area (Å²) < 4.78 is 0.664. The second-order valence-electron chi connectivity index (χ2n) is 6.29. The van der Waals surface area contributed by atoms with Crippen LogP contribution in [0.25, 0.3) is 21.5 Å². The number of rotatable bonds is 4. The Bertz CT molecular complexity index is 1220. The number of carbonyl (C=O) groups is 2. The van der Waals surface area contributed by atoms with Crippen LogP contribution in [-0.2, 0) is 0 Å². The molecule has 0 radical (unpaired) electrons. The van der Waals surface area contributed by atoms with Crippen LogP contribution in [0.3, 0.4) is 0 Å². The van der Waals surface area contributed by atoms with Crippen LogP contribution in [0.5, 0.6) is 0 Å². The molecule has 2 amide bonds. The fourth-order valence-corrected chi connectivity index (χ4v) is 3.99. The maximum Gasteiger partial charge on any atom is 0.256 e. The molecular formula is C22H16ClN3O2S. The minimum Gasteiger partial charge on any atom is -0.355 e. The number of fused-ring (bicyclic) bond motifs is 1. The topological polar surface area (TPSA) is 71.1 Å². The first kappa shape index (κ1) is 19.1. The van der Waals surface area contributed by atoms with Gasteiger partial charge in [0.05, 0.1) is 26.0 Å². The first-order valence-corrected chi connectivity index (χ1v) is 10.0. The summed E-state index contributed by atoms with van der Waals surface area (Å²) >= 11 is 7.48. The van der Waals surface area contributed by atoms with Crippen molar-refractivity contribution < 1.29 is 9.59 Å². The quantitative estimate of drug-likeness (QED) is 0.474. The van der Waals surface area contributed by atoms with E-state index in [0.717, 1.165) is 15.8 Å². The smallest absolute Gasteiger partial charge is 0.256 e. The molecule has 7 heteroatoms. The van der Waals surface area contributed by atoms with E-state index in [1.54, 1.807) is 37.4 Å². The molecule has 4 rings (SSSR count). The Balaban J connectivity index is 1.70. The Labute approximate surface area is 176 Å². The number of halogens is 1. The van der Waals surface area contributed by atoms with Crippen LogP contribution in [0.2, 0.25) is 4.34 Å². The molecule has 5 nitrogen and oxygen atoms in total. The standard InChI is InChI=1S/C22H16ClN3O2S/c1-24-21(27)13-6-8-14(9-7-13)25-22(28)16-12-18(19-10-11-20(23)29-19)26-17-5-3-2-4-15(16)17/h2-12H,1H3,(H,24,27)(H,25,28). The third kappa shape index (κ3) is 3.99. The maximum atomic E-state index is 13.1. The number of carbonyl (C=O) groups excluding carboxylic acids is 2. The Kier molecular flexibility index (Phi) is 5.29. The van der Waals surface area contributed by atoms with E-state index in [1.807, 2.05) is 36.4 Å². The minimum atomic E-state index is -0.250. The maximum absolute atomic E-state index is 13.1. The summed E-state index contributed by atoms with van der Waals surface area (Å²) in [5, 5.41) is 6.23. The van der Waals surface area contributed by atoms with E-state index in [2.05, 4.69) is 15.6 Å². The largest absolute Gasteiger partial charge is 0.355 e. The van der Waals surface area contributed by atoms with Crippen molar-refractivity contribution in [1.82, 2.24) is 10.3 Å². The Morgan fingerprint density at radius 2 is 1.72 bits per heavy atom. The number of thiophene rings is 1. The van der Waals surface area contributed by atoms with E-state index >= 15 is 0 Å². The molecule has 4 aromatic rings. The van der Waals surface area contributed by atoms with Crippen molar-refractivity contribution in [2.45, 2.75) is 0 Å². The van der Waals surface area contributed by atoms with Gasteiger partial charge in [0.1, 0.15) is 0 Å². The number of amides is 2. The van der Waals surface area contributed by atoms with Crippen molar-refractivity contribution in [2.75, 3.05) is 12.4 Å². The molecule has 0 bridgehead atoms. The number of nitrogens with one attached hydrogen (secondary N) is 2. The molecule has 0 saturated heterocycles. The van der Waals surface area contributed by atoms with Gasteiger partial charge in [-0.1, -0.05) is 29.8 Å². The van der Waals surface area contributed by atoms with Crippen molar-refractivity contribution in [1.29, 1.82) is 0 Å². The summed E-state index contributed by atoms with van der Waals surface area (Å²) in [5.41, 5.74) is 3.07. The molecule has 0 saturated carbocycles. The highest BCUT2D eigenvalue weighted by molar-refractivity contribution is 7.19. The van der Waals surface area contributed by atoms with Gasteiger partial charge >= 0.3 is 0 Å². The summed E-state index contributed by atoms with van der Waals surface area (Å²) in [5.74, 6) is -0.428. The van der Waals surface area contributed by atoms with Gasteiger partial charge in [0, 0.05) is 23.7 Å². The number of benzene rings is 2. The summed E-state index contributed by atoms with van der Waals surface area (Å²) in [6.45, 7) is 0. The highest BCUT2D eigenvalue weighted by Crippen LogP contribution is 2.32. The van der Waals surface area contributed by atoms with Crippen LogP contribution in [-0.4, -0.2) is 23.8 Å². The highest BCUT2D eigenvalue weighted by Gasteiger charge is 2.15. The predicted octanol–water partition coefficient (Wildman–Crippen LogP) is 5.23. The predicted molar refractivity (Wildman–Crippen MR) is 118 cm³/mol. The van der Waals surface area contributed by atoms with Crippen LogP contribution >= 0.6 is 22.9 Å². The van der Waals surface area contributed by atoms with E-state index < -0.39 is 0 Å². The minimum absolute atomic E-state index is 0.178. The lowest BCUT2D eigenvalue weighted by molar-refractivity contribution is 0.0962. The van der Waals surface area contributed by atoms with Gasteiger partial charge in [0.25, 0.3) is 11.8 Å². The molecule has 144 valence electrons. The molecule has 2 N–H and O–H groups in total. The molecule has 0 fully saturated rings. The number of hydrogen-bond donors (Lipinski definition) is 2. The average molecular weight is 422 g/mol. The third-order valence-corrected chi connectivity index (χ3v) is 5.67. The zero-order valence-corrected chi connectivity index (χ0v) is 17.0. The molecule has 2 heterocycles. The molecule has 0 spiro atoms. The Morgan fingerprint density at radius 3 is 2.41 bits per heavy atom. The first-order valence-electron chi connectivity index (χ1n) is 8.84. The van der Waals surface area contributed by atoms with E-state index in [9.17, 15) is 9.59 Å². The Morgan fingerprint density at radius 1 is 0.966 bits per heavy atom. The van der Waals surface area contributed by atoms with Crippen molar-refractivity contribution in [3.8, 4) is 10.6 Å². The monoisotopic (exact) mass is 421 g/mol. The van der Waals surface area contributed by atoms with Crippen molar-refractivity contribution in [3.05, 3.63) is 82.2 Å². The lowest BCUT2D eigenvalue weighted by Crippen LogP contribution is -2.18. The van der Waals surface area contributed by atoms with E-state index in [0.29, 0.717) is 26.8 Å². The van der Waals surface area contributed by atoms with E-state index in [4.69, 9.17) is 11.6 Å². The third-order valence-electron chi connectivity index (χ3n) is 4.42. The molecule has 2 aromatic heterocycles. The average Bonchev–Trinajstić information content (AvgIpc) is 3.19. The Hall–Kier alpha value is -3.22.